The molecule has 3 heterocycles. The fourth-order valence-electron chi connectivity index (χ4n) is 5.10. The molecule has 7 nitrogen and oxygen atoms in total. The molecule has 1 saturated heterocycles. The minimum absolute atomic E-state index is 0.130. The highest BCUT2D eigenvalue weighted by molar-refractivity contribution is 5.76. The zero-order chi connectivity index (χ0) is 28.7. The maximum absolute atomic E-state index is 12.8. The van der Waals surface area contributed by atoms with Crippen LogP contribution in [0.3, 0.4) is 0 Å². The van der Waals surface area contributed by atoms with E-state index < -0.39 is 11.4 Å². The normalized spacial score (nSPS) is 20.0. The number of dihydropyridines is 1. The highest BCUT2D eigenvalue weighted by Crippen LogP contribution is 2.34. The summed E-state index contributed by atoms with van der Waals surface area (Å²) in [5.41, 5.74) is 3.48. The quantitative estimate of drug-likeness (QED) is 0.323. The summed E-state index contributed by atoms with van der Waals surface area (Å²) in [5, 5.41) is 3.64. The van der Waals surface area contributed by atoms with Crippen LogP contribution in [-0.4, -0.2) is 40.4 Å². The van der Waals surface area contributed by atoms with Crippen molar-refractivity contribution in [1.82, 2.24) is 15.2 Å². The molecule has 214 valence electrons. The van der Waals surface area contributed by atoms with Crippen molar-refractivity contribution >= 4 is 11.5 Å². The smallest absolute Gasteiger partial charge is 0.309 e. The van der Waals surface area contributed by atoms with Crippen LogP contribution in [0.25, 0.3) is 5.57 Å². The number of hydrogen-bond acceptors (Lipinski definition) is 7. The molecule has 5 rings (SSSR count). The first kappa shape index (κ1) is 28.6. The molecule has 0 aliphatic carbocycles. The van der Waals surface area contributed by atoms with Crippen LogP contribution in [0.15, 0.2) is 103 Å². The van der Waals surface area contributed by atoms with E-state index in [9.17, 15) is 4.79 Å². The molecule has 7 heteroatoms. The van der Waals surface area contributed by atoms with Gasteiger partial charge in [0.2, 0.25) is 5.85 Å². The van der Waals surface area contributed by atoms with Crippen LogP contribution in [-0.2, 0) is 32.2 Å². The van der Waals surface area contributed by atoms with E-state index in [2.05, 4.69) is 39.5 Å². The van der Waals surface area contributed by atoms with Crippen LogP contribution in [0.4, 0.5) is 0 Å². The van der Waals surface area contributed by atoms with E-state index >= 15 is 0 Å². The van der Waals surface area contributed by atoms with Crippen molar-refractivity contribution in [2.45, 2.75) is 58.3 Å². The average Bonchev–Trinajstić information content (AvgIpc) is 3.00. The van der Waals surface area contributed by atoms with Crippen molar-refractivity contribution < 1.29 is 19.0 Å². The van der Waals surface area contributed by atoms with Crippen molar-refractivity contribution in [3.05, 3.63) is 120 Å². The number of carbonyl (C=O) groups excluding carboxylic acids is 1. The number of likely N-dealkylation sites (tertiary alicyclic amines) is 1. The Morgan fingerprint density at radius 1 is 0.951 bits per heavy atom. The molecular formula is C34H39N3O4. The van der Waals surface area contributed by atoms with Crippen LogP contribution in [0.5, 0.6) is 0 Å². The Balaban J connectivity index is 1.41. The number of carbonyl (C=O) groups is 1. The van der Waals surface area contributed by atoms with Gasteiger partial charge in [0.05, 0.1) is 12.5 Å². The third-order valence-corrected chi connectivity index (χ3v) is 7.22. The molecule has 41 heavy (non-hydrogen) atoms. The van der Waals surface area contributed by atoms with Crippen molar-refractivity contribution in [2.24, 2.45) is 5.92 Å². The van der Waals surface area contributed by atoms with Gasteiger partial charge >= 0.3 is 5.97 Å². The second-order valence-corrected chi connectivity index (χ2v) is 11.5. The first-order valence-electron chi connectivity index (χ1n) is 14.3. The second-order valence-electron chi connectivity index (χ2n) is 11.5. The summed E-state index contributed by atoms with van der Waals surface area (Å²) in [7, 11) is 0. The molecule has 0 saturated carbocycles. The Morgan fingerprint density at radius 2 is 1.61 bits per heavy atom. The summed E-state index contributed by atoms with van der Waals surface area (Å²) >= 11 is 0. The summed E-state index contributed by atoms with van der Waals surface area (Å²) in [6.07, 6.45) is 9.06. The lowest BCUT2D eigenvalue weighted by Crippen LogP contribution is -2.62. The summed E-state index contributed by atoms with van der Waals surface area (Å²) in [5.74, 6) is -0.618. The number of esters is 1. The number of rotatable bonds is 9. The van der Waals surface area contributed by atoms with E-state index in [1.165, 1.54) is 0 Å². The van der Waals surface area contributed by atoms with E-state index in [0.29, 0.717) is 45.0 Å². The molecule has 0 amide bonds. The van der Waals surface area contributed by atoms with E-state index in [0.717, 1.165) is 22.3 Å². The number of pyridine rings is 1. The minimum atomic E-state index is -0.966. The van der Waals surface area contributed by atoms with Gasteiger partial charge in [-0.1, -0.05) is 66.7 Å². The van der Waals surface area contributed by atoms with E-state index in [1.54, 1.807) is 6.20 Å². The predicted octanol–water partition coefficient (Wildman–Crippen LogP) is 6.05. The maximum Gasteiger partial charge on any atom is 0.309 e. The average molecular weight is 554 g/mol. The highest BCUT2D eigenvalue weighted by atomic mass is 16.6. The standard InChI is InChI=1S/C34H39N3O4/c1-33(2,3)41-32(38)28-17-21-37(22-18-28)34(40-25-27-13-8-5-9-14-27)19-16-30(29-15-10-20-35-23-29)31(36-34)39-24-26-11-6-4-7-12-26/h4-16,19-20,23,28,36H,17-18,21-22,24-25H2,1-3H3. The molecule has 1 atom stereocenters. The van der Waals surface area contributed by atoms with Crippen LogP contribution in [0, 0.1) is 5.92 Å². The predicted molar refractivity (Wildman–Crippen MR) is 159 cm³/mol. The van der Waals surface area contributed by atoms with Gasteiger partial charge in [0, 0.05) is 36.6 Å². The van der Waals surface area contributed by atoms with Crippen LogP contribution in [0.2, 0.25) is 0 Å². The number of benzene rings is 2. The third-order valence-electron chi connectivity index (χ3n) is 7.22. The largest absolute Gasteiger partial charge is 0.474 e. The number of hydrogen-bond donors (Lipinski definition) is 1. The number of nitrogens with zero attached hydrogens (tertiary/aromatic N) is 2. The molecule has 0 radical (unpaired) electrons. The number of nitrogens with one attached hydrogen (secondary N) is 1. The Hall–Kier alpha value is -3.94. The van der Waals surface area contributed by atoms with Gasteiger partial charge in [-0.05, 0) is 63.0 Å². The van der Waals surface area contributed by atoms with Crippen molar-refractivity contribution in [3.8, 4) is 0 Å². The first-order valence-corrected chi connectivity index (χ1v) is 14.3. The molecule has 1 unspecified atom stereocenters. The lowest BCUT2D eigenvalue weighted by Gasteiger charge is -2.47. The fourth-order valence-corrected chi connectivity index (χ4v) is 5.10. The lowest BCUT2D eigenvalue weighted by molar-refractivity contribution is -0.175. The van der Waals surface area contributed by atoms with E-state index in [1.807, 2.05) is 87.6 Å². The Morgan fingerprint density at radius 3 is 2.22 bits per heavy atom. The molecule has 2 aliphatic heterocycles. The zero-order valence-corrected chi connectivity index (χ0v) is 24.1. The second kappa shape index (κ2) is 12.7. The third kappa shape index (κ3) is 7.43. The van der Waals surface area contributed by atoms with Gasteiger partial charge in [-0.3, -0.25) is 14.7 Å². The van der Waals surface area contributed by atoms with E-state index in [-0.39, 0.29) is 11.9 Å². The van der Waals surface area contributed by atoms with Crippen molar-refractivity contribution in [1.29, 1.82) is 0 Å². The van der Waals surface area contributed by atoms with Crippen LogP contribution < -0.4 is 5.32 Å². The molecular weight excluding hydrogens is 514 g/mol. The molecule has 1 fully saturated rings. The molecule has 3 aromatic rings. The van der Waals surface area contributed by atoms with Gasteiger partial charge < -0.3 is 19.5 Å². The summed E-state index contributed by atoms with van der Waals surface area (Å²) in [6.45, 7) is 7.84. The fraction of sp³-hybridized carbons (Fsp3) is 0.353. The monoisotopic (exact) mass is 553 g/mol. The van der Waals surface area contributed by atoms with Crippen LogP contribution in [0.1, 0.15) is 50.3 Å². The Kier molecular flexibility index (Phi) is 8.86. The Bertz CT molecular complexity index is 1340. The SMILES string of the molecule is CC(C)(C)OC(=O)C1CCN(C2(OCc3ccccc3)C=CC(c3cccnc3)=C(OCc3ccccc3)N2)CC1. The number of allylic oxidation sites excluding steroid dienone is 2. The van der Waals surface area contributed by atoms with Crippen molar-refractivity contribution in [3.63, 3.8) is 0 Å². The lowest BCUT2D eigenvalue weighted by atomic mass is 9.95. The van der Waals surface area contributed by atoms with Gasteiger partial charge in [-0.15, -0.1) is 0 Å². The number of aromatic nitrogens is 1. The van der Waals surface area contributed by atoms with Gasteiger partial charge in [0.1, 0.15) is 12.2 Å². The van der Waals surface area contributed by atoms with Crippen molar-refractivity contribution in [2.75, 3.05) is 13.1 Å². The Labute approximate surface area is 242 Å². The van der Waals surface area contributed by atoms with Crippen LogP contribution >= 0.6 is 0 Å². The van der Waals surface area contributed by atoms with Gasteiger partial charge in [-0.2, -0.15) is 0 Å². The number of piperidine rings is 1. The first-order chi connectivity index (χ1) is 19.8. The van der Waals surface area contributed by atoms with E-state index in [4.69, 9.17) is 14.2 Å². The molecule has 0 bridgehead atoms. The summed E-state index contributed by atoms with van der Waals surface area (Å²) < 4.78 is 18.9. The molecule has 2 aromatic carbocycles. The maximum atomic E-state index is 12.8. The number of ether oxygens (including phenoxy) is 3. The topological polar surface area (TPSA) is 72.9 Å². The molecule has 1 N–H and O–H groups in total. The van der Waals surface area contributed by atoms with Gasteiger partial charge in [0.25, 0.3) is 0 Å². The molecule has 1 aromatic heterocycles. The molecule has 2 aliphatic rings. The zero-order valence-electron chi connectivity index (χ0n) is 24.1. The van der Waals surface area contributed by atoms with Gasteiger partial charge in [-0.25, -0.2) is 0 Å². The minimum Gasteiger partial charge on any atom is -0.474 e. The summed E-state index contributed by atoms with van der Waals surface area (Å²) in [6, 6.07) is 24.2. The highest BCUT2D eigenvalue weighted by Gasteiger charge is 2.43. The summed E-state index contributed by atoms with van der Waals surface area (Å²) in [4.78, 5) is 19.4. The molecule has 0 spiro atoms. The van der Waals surface area contributed by atoms with Gasteiger partial charge in [0.15, 0.2) is 5.88 Å².